The predicted octanol–water partition coefficient (Wildman–Crippen LogP) is 1.26. The van der Waals surface area contributed by atoms with Gasteiger partial charge in [0.1, 0.15) is 6.10 Å². The fourth-order valence-corrected chi connectivity index (χ4v) is 1.97. The van der Waals surface area contributed by atoms with Crippen LogP contribution in [0.25, 0.3) is 0 Å². The zero-order chi connectivity index (χ0) is 8.55. The lowest BCUT2D eigenvalue weighted by Gasteiger charge is -2.18. The van der Waals surface area contributed by atoms with E-state index < -0.39 is 0 Å². The van der Waals surface area contributed by atoms with Crippen LogP contribution in [0.1, 0.15) is 32.6 Å². The lowest BCUT2D eigenvalue weighted by Crippen LogP contribution is -2.27. The molecule has 2 rings (SSSR count). The fraction of sp³-hybridized carbons (Fsp3) is 0.889. The van der Waals surface area contributed by atoms with Gasteiger partial charge in [-0.15, -0.1) is 0 Å². The molecule has 2 heterocycles. The molecule has 3 nitrogen and oxygen atoms in total. The lowest BCUT2D eigenvalue weighted by molar-refractivity contribution is -0.151. The van der Waals surface area contributed by atoms with Crippen molar-refractivity contribution in [3.8, 4) is 0 Å². The van der Waals surface area contributed by atoms with Gasteiger partial charge in [0.05, 0.1) is 12.2 Å². The average Bonchev–Trinajstić information content (AvgIpc) is 2.64. The van der Waals surface area contributed by atoms with E-state index in [4.69, 9.17) is 9.47 Å². The Morgan fingerprint density at radius 1 is 1.58 bits per heavy atom. The second-order valence-electron chi connectivity index (χ2n) is 3.49. The summed E-state index contributed by atoms with van der Waals surface area (Å²) in [6, 6.07) is 0. The summed E-state index contributed by atoms with van der Waals surface area (Å²) in [5.74, 6) is -0.101. The second kappa shape index (κ2) is 3.05. The van der Waals surface area contributed by atoms with Crippen LogP contribution in [0.15, 0.2) is 0 Å². The van der Waals surface area contributed by atoms with Gasteiger partial charge in [-0.25, -0.2) is 0 Å². The quantitative estimate of drug-likeness (QED) is 0.585. The highest BCUT2D eigenvalue weighted by Gasteiger charge is 2.42. The summed E-state index contributed by atoms with van der Waals surface area (Å²) < 4.78 is 10.8. The van der Waals surface area contributed by atoms with Crippen molar-refractivity contribution in [2.75, 3.05) is 0 Å². The third kappa shape index (κ3) is 1.33. The van der Waals surface area contributed by atoms with Crippen LogP contribution in [-0.2, 0) is 14.3 Å². The lowest BCUT2D eigenvalue weighted by atomic mass is 9.98. The van der Waals surface area contributed by atoms with E-state index in [0.717, 1.165) is 19.3 Å². The third-order valence-electron chi connectivity index (χ3n) is 2.62. The maximum atomic E-state index is 11.0. The van der Waals surface area contributed by atoms with E-state index >= 15 is 0 Å². The van der Waals surface area contributed by atoms with Crippen LogP contribution in [0, 0.1) is 0 Å². The Morgan fingerprint density at radius 3 is 2.92 bits per heavy atom. The molecule has 2 aliphatic heterocycles. The highest BCUT2D eigenvalue weighted by atomic mass is 16.6. The normalized spacial score (nSPS) is 38.6. The molecule has 0 aromatic carbocycles. The van der Waals surface area contributed by atoms with Crippen LogP contribution in [0.5, 0.6) is 0 Å². The number of hydrogen-bond acceptors (Lipinski definition) is 3. The molecular formula is C9H14O3. The van der Waals surface area contributed by atoms with Gasteiger partial charge in [-0.2, -0.15) is 0 Å². The van der Waals surface area contributed by atoms with Crippen LogP contribution >= 0.6 is 0 Å². The van der Waals surface area contributed by atoms with Gasteiger partial charge in [-0.1, -0.05) is 6.92 Å². The van der Waals surface area contributed by atoms with Crippen molar-refractivity contribution in [2.45, 2.75) is 50.9 Å². The van der Waals surface area contributed by atoms with Crippen LogP contribution in [0.2, 0.25) is 0 Å². The van der Waals surface area contributed by atoms with Crippen molar-refractivity contribution in [3.05, 3.63) is 0 Å². The van der Waals surface area contributed by atoms with Gasteiger partial charge in [0.25, 0.3) is 0 Å². The number of carbonyl (C=O) groups excluding carboxylic acids is 1. The van der Waals surface area contributed by atoms with Gasteiger partial charge in [0.15, 0.2) is 0 Å². The first kappa shape index (κ1) is 8.05. The fourth-order valence-electron chi connectivity index (χ4n) is 1.97. The standard InChI is InChI=1S/C9H14O3/c1-2-9(10)12-8-5-6-3-4-7(8)11-6/h6-8H,2-5H2,1H3. The summed E-state index contributed by atoms with van der Waals surface area (Å²) in [5, 5.41) is 0. The van der Waals surface area contributed by atoms with Gasteiger partial charge in [0.2, 0.25) is 0 Å². The molecule has 0 aromatic rings. The van der Waals surface area contributed by atoms with Crippen molar-refractivity contribution >= 4 is 5.97 Å². The molecule has 2 aliphatic rings. The first-order valence-corrected chi connectivity index (χ1v) is 4.64. The van der Waals surface area contributed by atoms with Crippen LogP contribution in [0.4, 0.5) is 0 Å². The molecule has 0 saturated carbocycles. The minimum absolute atomic E-state index is 0.0520. The molecule has 3 atom stereocenters. The maximum absolute atomic E-state index is 11.0. The molecule has 2 fully saturated rings. The van der Waals surface area contributed by atoms with Gasteiger partial charge in [-0.05, 0) is 12.8 Å². The third-order valence-corrected chi connectivity index (χ3v) is 2.62. The summed E-state index contributed by atoms with van der Waals surface area (Å²) >= 11 is 0. The largest absolute Gasteiger partial charge is 0.459 e. The molecule has 68 valence electrons. The van der Waals surface area contributed by atoms with Crippen molar-refractivity contribution in [3.63, 3.8) is 0 Å². The average molecular weight is 170 g/mol. The van der Waals surface area contributed by atoms with Gasteiger partial charge in [0, 0.05) is 12.8 Å². The number of fused-ring (bicyclic) bond motifs is 2. The Bertz CT molecular complexity index is 190. The molecule has 0 N–H and O–H groups in total. The summed E-state index contributed by atoms with van der Waals surface area (Å²) in [6.45, 7) is 1.82. The maximum Gasteiger partial charge on any atom is 0.305 e. The van der Waals surface area contributed by atoms with E-state index in [0.29, 0.717) is 12.5 Å². The van der Waals surface area contributed by atoms with E-state index in [-0.39, 0.29) is 18.2 Å². The molecule has 0 spiro atoms. The molecule has 3 unspecified atom stereocenters. The SMILES string of the molecule is CCC(=O)OC1CC2CCC1O2. The number of rotatable bonds is 2. The highest BCUT2D eigenvalue weighted by molar-refractivity contribution is 5.69. The van der Waals surface area contributed by atoms with Crippen LogP contribution < -0.4 is 0 Å². The number of esters is 1. The Balaban J connectivity index is 1.86. The van der Waals surface area contributed by atoms with Crippen molar-refractivity contribution in [1.82, 2.24) is 0 Å². The Labute approximate surface area is 72.0 Å². The smallest absolute Gasteiger partial charge is 0.305 e. The van der Waals surface area contributed by atoms with E-state index in [9.17, 15) is 4.79 Å². The minimum atomic E-state index is -0.101. The molecule has 0 aromatic heterocycles. The Kier molecular flexibility index (Phi) is 2.05. The highest BCUT2D eigenvalue weighted by Crippen LogP contribution is 2.36. The molecular weight excluding hydrogens is 156 g/mol. The Hall–Kier alpha value is -0.570. The van der Waals surface area contributed by atoms with E-state index in [1.54, 1.807) is 0 Å². The first-order valence-electron chi connectivity index (χ1n) is 4.64. The Morgan fingerprint density at radius 2 is 2.42 bits per heavy atom. The van der Waals surface area contributed by atoms with Crippen LogP contribution in [0.3, 0.4) is 0 Å². The zero-order valence-electron chi connectivity index (χ0n) is 7.29. The summed E-state index contributed by atoms with van der Waals surface area (Å²) in [6.07, 6.45) is 4.20. The van der Waals surface area contributed by atoms with Gasteiger partial charge in [-0.3, -0.25) is 4.79 Å². The molecule has 2 bridgehead atoms. The minimum Gasteiger partial charge on any atom is -0.459 e. The van der Waals surface area contributed by atoms with E-state index in [1.165, 1.54) is 0 Å². The second-order valence-corrected chi connectivity index (χ2v) is 3.49. The van der Waals surface area contributed by atoms with Crippen LogP contribution in [-0.4, -0.2) is 24.3 Å². The van der Waals surface area contributed by atoms with E-state index in [2.05, 4.69) is 0 Å². The monoisotopic (exact) mass is 170 g/mol. The van der Waals surface area contributed by atoms with Gasteiger partial charge < -0.3 is 9.47 Å². The van der Waals surface area contributed by atoms with E-state index in [1.807, 2.05) is 6.92 Å². The molecule has 0 radical (unpaired) electrons. The molecule has 2 saturated heterocycles. The van der Waals surface area contributed by atoms with Crippen molar-refractivity contribution < 1.29 is 14.3 Å². The number of hydrogen-bond donors (Lipinski definition) is 0. The van der Waals surface area contributed by atoms with Crippen molar-refractivity contribution in [1.29, 1.82) is 0 Å². The first-order chi connectivity index (χ1) is 5.79. The summed E-state index contributed by atoms with van der Waals surface area (Å²) in [5.41, 5.74) is 0. The number of ether oxygens (including phenoxy) is 2. The number of carbonyl (C=O) groups is 1. The predicted molar refractivity (Wildman–Crippen MR) is 42.7 cm³/mol. The summed E-state index contributed by atoms with van der Waals surface area (Å²) in [7, 11) is 0. The summed E-state index contributed by atoms with van der Waals surface area (Å²) in [4.78, 5) is 11.0. The zero-order valence-corrected chi connectivity index (χ0v) is 7.29. The van der Waals surface area contributed by atoms with Crippen molar-refractivity contribution in [2.24, 2.45) is 0 Å². The molecule has 12 heavy (non-hydrogen) atoms. The van der Waals surface area contributed by atoms with Gasteiger partial charge >= 0.3 is 5.97 Å². The topological polar surface area (TPSA) is 35.5 Å². The molecule has 0 aliphatic carbocycles. The molecule has 0 amide bonds. The molecule has 3 heteroatoms.